The molecule has 1 fully saturated rings. The Hall–Kier alpha value is -3.23. The Labute approximate surface area is 212 Å². The maximum atomic E-state index is 13.3. The molecule has 4 rings (SSSR count). The standard InChI is InChI=1S/C28H35N5O3/c1-15(2)23-21(27(36)33(32-23)28(5,6)7)22-25(34)24(26(22)35)29-19-13-12-18(14-17(19)4)30-31-20-11-9-8-10-16(20)3/h8-15,22,24-26,29,32H,1-7H3/q-2. The molecule has 36 heavy (non-hydrogen) atoms. The first-order chi connectivity index (χ1) is 16.9. The van der Waals surface area contributed by atoms with Gasteiger partial charge in [-0.15, -0.1) is 12.2 Å². The first kappa shape index (κ1) is 25.9. The summed E-state index contributed by atoms with van der Waals surface area (Å²) in [5.74, 6) is -0.888. The van der Waals surface area contributed by atoms with E-state index in [9.17, 15) is 15.0 Å². The van der Waals surface area contributed by atoms with Crippen LogP contribution in [-0.4, -0.2) is 28.0 Å². The van der Waals surface area contributed by atoms with E-state index >= 15 is 0 Å². The largest absolute Gasteiger partial charge is 0.850 e. The number of hydrogen-bond donors (Lipinski definition) is 2. The zero-order valence-electron chi connectivity index (χ0n) is 22.0. The molecule has 8 heteroatoms. The van der Waals surface area contributed by atoms with Crippen molar-refractivity contribution in [2.75, 3.05) is 5.32 Å². The highest BCUT2D eigenvalue weighted by molar-refractivity contribution is 5.59. The smallest absolute Gasteiger partial charge is 0.270 e. The van der Waals surface area contributed by atoms with Gasteiger partial charge in [0.15, 0.2) is 0 Å². The van der Waals surface area contributed by atoms with E-state index in [-0.39, 0.29) is 11.5 Å². The Morgan fingerprint density at radius 1 is 1.00 bits per heavy atom. The molecule has 0 aliphatic heterocycles. The zero-order valence-corrected chi connectivity index (χ0v) is 22.0. The molecule has 2 N–H and O–H groups in total. The number of benzene rings is 2. The molecule has 192 valence electrons. The molecule has 1 saturated carbocycles. The quantitative estimate of drug-likeness (QED) is 0.506. The number of azo groups is 1. The number of aromatic amines is 1. The minimum atomic E-state index is -1.22. The summed E-state index contributed by atoms with van der Waals surface area (Å²) in [6, 6.07) is 12.4. The van der Waals surface area contributed by atoms with Gasteiger partial charge in [-0.25, -0.2) is 4.68 Å². The second-order valence-electron chi connectivity index (χ2n) is 11.0. The van der Waals surface area contributed by atoms with Crippen molar-refractivity contribution in [2.24, 2.45) is 10.2 Å². The van der Waals surface area contributed by atoms with Gasteiger partial charge in [0.1, 0.15) is 0 Å². The van der Waals surface area contributed by atoms with Crippen LogP contribution in [0.5, 0.6) is 0 Å². The average Bonchev–Trinajstić information content (AvgIpc) is 3.15. The van der Waals surface area contributed by atoms with E-state index in [2.05, 4.69) is 20.6 Å². The summed E-state index contributed by atoms with van der Waals surface area (Å²) in [7, 11) is 0. The predicted octanol–water partition coefficient (Wildman–Crippen LogP) is 4.12. The van der Waals surface area contributed by atoms with E-state index in [4.69, 9.17) is 0 Å². The van der Waals surface area contributed by atoms with Gasteiger partial charge in [-0.1, -0.05) is 32.0 Å². The monoisotopic (exact) mass is 489 g/mol. The lowest BCUT2D eigenvalue weighted by atomic mass is 9.69. The van der Waals surface area contributed by atoms with E-state index in [1.165, 1.54) is 4.68 Å². The van der Waals surface area contributed by atoms with Gasteiger partial charge >= 0.3 is 0 Å². The lowest BCUT2D eigenvalue weighted by Gasteiger charge is -2.61. The highest BCUT2D eigenvalue weighted by Crippen LogP contribution is 2.39. The van der Waals surface area contributed by atoms with E-state index in [1.807, 2.05) is 84.9 Å². The predicted molar refractivity (Wildman–Crippen MR) is 138 cm³/mol. The van der Waals surface area contributed by atoms with Crippen LogP contribution < -0.4 is 21.1 Å². The molecule has 2 unspecified atom stereocenters. The number of hydrogen-bond acceptors (Lipinski definition) is 6. The lowest BCUT2D eigenvalue weighted by Crippen LogP contribution is -2.72. The van der Waals surface area contributed by atoms with Crippen LogP contribution in [0.4, 0.5) is 17.1 Å². The number of rotatable bonds is 6. The van der Waals surface area contributed by atoms with Crippen LogP contribution in [0.25, 0.3) is 0 Å². The average molecular weight is 490 g/mol. The van der Waals surface area contributed by atoms with Gasteiger partial charge in [0.05, 0.1) is 16.9 Å². The molecule has 2 atom stereocenters. The van der Waals surface area contributed by atoms with Gasteiger partial charge in [0.25, 0.3) is 5.56 Å². The van der Waals surface area contributed by atoms with E-state index < -0.39 is 29.7 Å². The molecule has 1 aromatic heterocycles. The molecule has 0 bridgehead atoms. The summed E-state index contributed by atoms with van der Waals surface area (Å²) >= 11 is 0. The van der Waals surface area contributed by atoms with Gasteiger partial charge in [-0.3, -0.25) is 9.89 Å². The molecule has 1 heterocycles. The first-order valence-electron chi connectivity index (χ1n) is 12.4. The van der Waals surface area contributed by atoms with Crippen LogP contribution in [0.1, 0.15) is 68.8 Å². The van der Waals surface area contributed by atoms with Crippen molar-refractivity contribution in [2.45, 2.75) is 84.1 Å². The summed E-state index contributed by atoms with van der Waals surface area (Å²) < 4.78 is 1.53. The summed E-state index contributed by atoms with van der Waals surface area (Å²) in [5, 5.41) is 41.5. The number of nitrogens with one attached hydrogen (secondary N) is 2. The second kappa shape index (κ2) is 9.67. The molecule has 1 aliphatic carbocycles. The summed E-state index contributed by atoms with van der Waals surface area (Å²) in [6.07, 6.45) is -2.44. The van der Waals surface area contributed by atoms with E-state index in [0.29, 0.717) is 22.6 Å². The van der Waals surface area contributed by atoms with E-state index in [0.717, 1.165) is 16.8 Å². The summed E-state index contributed by atoms with van der Waals surface area (Å²) in [4.78, 5) is 13.2. The highest BCUT2D eigenvalue weighted by atomic mass is 16.3. The maximum absolute atomic E-state index is 13.3. The number of anilines is 1. The van der Waals surface area contributed by atoms with Gasteiger partial charge < -0.3 is 15.5 Å². The number of nitrogens with zero attached hydrogens (tertiary/aromatic N) is 3. The first-order valence-corrected chi connectivity index (χ1v) is 12.4. The summed E-state index contributed by atoms with van der Waals surface area (Å²) in [5.41, 5.74) is 4.37. The highest BCUT2D eigenvalue weighted by Gasteiger charge is 2.42. The van der Waals surface area contributed by atoms with Crippen LogP contribution in [0.2, 0.25) is 0 Å². The lowest BCUT2D eigenvalue weighted by molar-refractivity contribution is -0.530. The number of H-pyrrole nitrogens is 1. The molecule has 8 nitrogen and oxygen atoms in total. The third-order valence-corrected chi connectivity index (χ3v) is 6.87. The molecular weight excluding hydrogens is 454 g/mol. The summed E-state index contributed by atoms with van der Waals surface area (Å²) in [6.45, 7) is 13.5. The van der Waals surface area contributed by atoms with Crippen molar-refractivity contribution < 1.29 is 10.2 Å². The maximum Gasteiger partial charge on any atom is 0.270 e. The number of aromatic nitrogens is 2. The van der Waals surface area contributed by atoms with Crippen molar-refractivity contribution >= 4 is 17.1 Å². The Bertz CT molecular complexity index is 1320. The van der Waals surface area contributed by atoms with Crippen LogP contribution in [0, 0.1) is 13.8 Å². The Morgan fingerprint density at radius 3 is 2.25 bits per heavy atom. The normalized spacial score (nSPS) is 22.3. The Balaban J connectivity index is 1.53. The van der Waals surface area contributed by atoms with Gasteiger partial charge in [-0.05, 0) is 81.8 Å². The third-order valence-electron chi connectivity index (χ3n) is 6.87. The molecule has 0 radical (unpaired) electrons. The molecule has 3 aromatic rings. The fourth-order valence-electron chi connectivity index (χ4n) is 4.71. The molecule has 0 saturated heterocycles. The second-order valence-corrected chi connectivity index (χ2v) is 11.0. The van der Waals surface area contributed by atoms with Crippen molar-refractivity contribution in [1.82, 2.24) is 9.78 Å². The molecule has 1 aliphatic rings. The van der Waals surface area contributed by atoms with Crippen LogP contribution in [0.15, 0.2) is 57.5 Å². The van der Waals surface area contributed by atoms with Crippen molar-refractivity contribution in [1.29, 1.82) is 0 Å². The van der Waals surface area contributed by atoms with Gasteiger partial charge in [-0.2, -0.15) is 10.2 Å². The van der Waals surface area contributed by atoms with Gasteiger partial charge in [0, 0.05) is 23.0 Å². The van der Waals surface area contributed by atoms with Gasteiger partial charge in [0.2, 0.25) is 0 Å². The van der Waals surface area contributed by atoms with Crippen molar-refractivity contribution in [3.05, 3.63) is 75.2 Å². The fraction of sp³-hybridized carbons (Fsp3) is 0.464. The Morgan fingerprint density at radius 2 is 1.67 bits per heavy atom. The third kappa shape index (κ3) is 4.75. The SMILES string of the molecule is Cc1ccccc1N=Nc1ccc(NC2C([O-])C(c3c(C(C)C)[nH]n(C(C)(C)C)c3=O)C2[O-])c(C)c1. The Kier molecular flexibility index (Phi) is 6.94. The van der Waals surface area contributed by atoms with Crippen molar-refractivity contribution in [3.63, 3.8) is 0 Å². The molecule has 2 aromatic carbocycles. The zero-order chi connectivity index (χ0) is 26.4. The van der Waals surface area contributed by atoms with Crippen LogP contribution in [-0.2, 0) is 5.54 Å². The van der Waals surface area contributed by atoms with Crippen LogP contribution >= 0.6 is 0 Å². The molecule has 0 spiro atoms. The fourth-order valence-corrected chi connectivity index (χ4v) is 4.71. The minimum Gasteiger partial charge on any atom is -0.850 e. The van der Waals surface area contributed by atoms with Crippen molar-refractivity contribution in [3.8, 4) is 0 Å². The molecule has 0 amide bonds. The number of aryl methyl sites for hydroxylation is 2. The molecular formula is C28H35N5O3-2. The topological polar surface area (TPSA) is 121 Å². The minimum absolute atomic E-state index is 0.00802. The van der Waals surface area contributed by atoms with Crippen LogP contribution in [0.3, 0.4) is 0 Å². The van der Waals surface area contributed by atoms with E-state index in [1.54, 1.807) is 6.07 Å².